The Morgan fingerprint density at radius 3 is 2.28 bits per heavy atom. The van der Waals surface area contributed by atoms with Crippen LogP contribution in [0.4, 0.5) is 0 Å². The van der Waals surface area contributed by atoms with E-state index in [2.05, 4.69) is 89.5 Å². The molecule has 0 N–H and O–H groups in total. The van der Waals surface area contributed by atoms with Gasteiger partial charge >= 0.3 is 0 Å². The van der Waals surface area contributed by atoms with E-state index in [0.29, 0.717) is 11.2 Å². The van der Waals surface area contributed by atoms with Gasteiger partial charge in [0.2, 0.25) is 0 Å². The fourth-order valence-corrected chi connectivity index (χ4v) is 7.17. The highest BCUT2D eigenvalue weighted by Gasteiger charge is 2.38. The Bertz CT molecular complexity index is 1400. The average Bonchev–Trinajstić information content (AvgIpc) is 3.44. The lowest BCUT2D eigenvalue weighted by Gasteiger charge is -2.19. The fourth-order valence-electron chi connectivity index (χ4n) is 4.77. The number of thioether (sulfide) groups is 1. The highest BCUT2D eigenvalue weighted by atomic mass is 32.2. The molecule has 0 bridgehead atoms. The summed E-state index contributed by atoms with van der Waals surface area (Å²) in [6.45, 7) is 0. The molecule has 2 aromatic heterocycles. The minimum Gasteiger partial charge on any atom is -0.285 e. The van der Waals surface area contributed by atoms with Crippen LogP contribution in [0.3, 0.4) is 0 Å². The Morgan fingerprint density at radius 2 is 1.48 bits per heavy atom. The molecule has 29 heavy (non-hydrogen) atoms. The Morgan fingerprint density at radius 1 is 0.793 bits per heavy atom. The second kappa shape index (κ2) is 5.85. The van der Waals surface area contributed by atoms with Crippen molar-refractivity contribution in [2.75, 3.05) is 0 Å². The smallest absolute Gasteiger partial charge is 0.195 e. The van der Waals surface area contributed by atoms with E-state index in [1.54, 1.807) is 11.3 Å². The quantitative estimate of drug-likeness (QED) is 0.301. The van der Waals surface area contributed by atoms with Crippen LogP contribution in [0.5, 0.6) is 0 Å². The van der Waals surface area contributed by atoms with Gasteiger partial charge < -0.3 is 0 Å². The van der Waals surface area contributed by atoms with Crippen LogP contribution < -0.4 is 0 Å². The van der Waals surface area contributed by atoms with E-state index in [1.165, 1.54) is 42.8 Å². The zero-order valence-electron chi connectivity index (χ0n) is 15.4. The Kier molecular flexibility index (Phi) is 3.23. The monoisotopic (exact) mass is 408 g/mol. The highest BCUT2D eigenvalue weighted by molar-refractivity contribution is 8.00. The number of benzene rings is 3. The number of rotatable bonds is 1. The number of thiazole rings is 1. The van der Waals surface area contributed by atoms with Gasteiger partial charge in [-0.15, -0.1) is 11.8 Å². The summed E-state index contributed by atoms with van der Waals surface area (Å²) in [6, 6.07) is 26.1. The summed E-state index contributed by atoms with van der Waals surface area (Å²) in [5.41, 5.74) is 5.10. The van der Waals surface area contributed by atoms with Crippen molar-refractivity contribution in [2.45, 2.75) is 16.1 Å². The van der Waals surface area contributed by atoms with Crippen LogP contribution in [0, 0.1) is 0 Å². The zero-order valence-corrected chi connectivity index (χ0v) is 17.1. The summed E-state index contributed by atoms with van der Waals surface area (Å²) in [4.78, 5) is 7.94. The van der Waals surface area contributed by atoms with Gasteiger partial charge in [-0.2, -0.15) is 0 Å². The first-order valence-electron chi connectivity index (χ1n) is 9.81. The van der Waals surface area contributed by atoms with Crippen LogP contribution in [-0.4, -0.2) is 14.8 Å². The van der Waals surface area contributed by atoms with Crippen LogP contribution in [0.2, 0.25) is 0 Å². The molecule has 1 aliphatic carbocycles. The molecular weight excluding hydrogens is 392 g/mol. The topological polar surface area (TPSA) is 17.8 Å². The molecule has 3 heterocycles. The van der Waals surface area contributed by atoms with Crippen molar-refractivity contribution >= 4 is 51.0 Å². The van der Waals surface area contributed by atoms with Gasteiger partial charge in [0.25, 0.3) is 0 Å². The lowest BCUT2D eigenvalue weighted by Crippen LogP contribution is -2.13. The van der Waals surface area contributed by atoms with Gasteiger partial charge in [0.05, 0.1) is 21.6 Å². The molecule has 1 aliphatic heterocycles. The van der Waals surface area contributed by atoms with Gasteiger partial charge in [-0.1, -0.05) is 72.0 Å². The highest BCUT2D eigenvalue weighted by Crippen LogP contribution is 2.52. The van der Waals surface area contributed by atoms with E-state index in [0.717, 1.165) is 5.13 Å². The van der Waals surface area contributed by atoms with E-state index >= 15 is 0 Å². The summed E-state index contributed by atoms with van der Waals surface area (Å²) in [5.74, 6) is 0.356. The number of nitrogens with zero attached hydrogens (tertiary/aromatic N) is 2. The van der Waals surface area contributed by atoms with E-state index < -0.39 is 0 Å². The molecule has 138 valence electrons. The van der Waals surface area contributed by atoms with E-state index in [1.807, 2.05) is 11.8 Å². The molecular formula is C25H16N2S2. The van der Waals surface area contributed by atoms with Crippen LogP contribution >= 0.6 is 23.1 Å². The van der Waals surface area contributed by atoms with Crippen molar-refractivity contribution in [2.24, 2.45) is 0 Å². The van der Waals surface area contributed by atoms with Crippen LogP contribution in [0.15, 0.2) is 83.8 Å². The molecule has 0 radical (unpaired) electrons. The summed E-state index contributed by atoms with van der Waals surface area (Å²) in [6.07, 6.45) is 4.65. The van der Waals surface area contributed by atoms with Gasteiger partial charge in [0, 0.05) is 26.8 Å². The van der Waals surface area contributed by atoms with Crippen LogP contribution in [-0.2, 0) is 0 Å². The number of para-hydroxylation sites is 2. The van der Waals surface area contributed by atoms with Crippen LogP contribution in [0.1, 0.15) is 22.1 Å². The predicted molar refractivity (Wildman–Crippen MR) is 123 cm³/mol. The number of hydrogen-bond donors (Lipinski definition) is 0. The first kappa shape index (κ1) is 16.0. The molecule has 0 fully saturated rings. The molecule has 7 rings (SSSR count). The SMILES string of the molecule is C1=CC2Sc3ccccc3C2c2nc(-n3c4ccccc4c4ccccc43)sc21. The molecule has 0 amide bonds. The maximum Gasteiger partial charge on any atom is 0.195 e. The standard InChI is InChI=1S/C25H16N2S2/c1-4-10-18-15(7-1)16-8-2-5-11-19(16)27(18)25-26-24-22(29-25)14-13-21-23(24)17-9-3-6-12-20(17)28-21/h1-14,21,23H. The van der Waals surface area contributed by atoms with E-state index in [4.69, 9.17) is 4.98 Å². The van der Waals surface area contributed by atoms with Gasteiger partial charge in [-0.3, -0.25) is 4.57 Å². The molecule has 0 saturated heterocycles. The van der Waals surface area contributed by atoms with Crippen molar-refractivity contribution in [1.82, 2.24) is 9.55 Å². The van der Waals surface area contributed by atoms with Crippen molar-refractivity contribution in [1.29, 1.82) is 0 Å². The Labute approximate surface area is 176 Å². The van der Waals surface area contributed by atoms with E-state index in [9.17, 15) is 0 Å². The molecule has 5 aromatic rings. The third-order valence-corrected chi connectivity index (χ3v) is 8.37. The molecule has 2 nitrogen and oxygen atoms in total. The summed E-state index contributed by atoms with van der Waals surface area (Å²) in [7, 11) is 0. The normalized spacial score (nSPS) is 19.4. The summed E-state index contributed by atoms with van der Waals surface area (Å²) in [5, 5.41) is 4.08. The van der Waals surface area contributed by atoms with Gasteiger partial charge in [0.15, 0.2) is 5.13 Å². The van der Waals surface area contributed by atoms with Crippen molar-refractivity contribution < 1.29 is 0 Å². The van der Waals surface area contributed by atoms with Gasteiger partial charge in [-0.05, 0) is 29.8 Å². The lowest BCUT2D eigenvalue weighted by molar-refractivity contribution is 0.812. The summed E-state index contributed by atoms with van der Waals surface area (Å²) < 4.78 is 2.34. The number of hydrogen-bond acceptors (Lipinski definition) is 3. The molecule has 2 unspecified atom stereocenters. The maximum atomic E-state index is 5.25. The Balaban J connectivity index is 1.49. The molecule has 2 atom stereocenters. The maximum absolute atomic E-state index is 5.25. The summed E-state index contributed by atoms with van der Waals surface area (Å²) >= 11 is 3.77. The van der Waals surface area contributed by atoms with Crippen molar-refractivity contribution in [3.63, 3.8) is 0 Å². The number of aromatic nitrogens is 2. The zero-order chi connectivity index (χ0) is 18.9. The molecule has 2 aliphatic rings. The molecule has 0 spiro atoms. The van der Waals surface area contributed by atoms with E-state index in [-0.39, 0.29) is 0 Å². The molecule has 3 aromatic carbocycles. The average molecular weight is 409 g/mol. The predicted octanol–water partition coefficient (Wildman–Crippen LogP) is 6.87. The van der Waals surface area contributed by atoms with Crippen LogP contribution in [0.25, 0.3) is 33.0 Å². The lowest BCUT2D eigenvalue weighted by atomic mass is 9.89. The van der Waals surface area contributed by atoms with Crippen molar-refractivity contribution in [3.05, 3.63) is 95.0 Å². The van der Waals surface area contributed by atoms with Gasteiger partial charge in [-0.25, -0.2) is 4.98 Å². The first-order valence-corrected chi connectivity index (χ1v) is 11.5. The molecule has 0 saturated carbocycles. The molecule has 4 heteroatoms. The van der Waals surface area contributed by atoms with Gasteiger partial charge in [0.1, 0.15) is 0 Å². The fraction of sp³-hybridized carbons (Fsp3) is 0.0800. The second-order valence-electron chi connectivity index (χ2n) is 7.57. The third kappa shape index (κ3) is 2.16. The minimum absolute atomic E-state index is 0.356. The largest absolute Gasteiger partial charge is 0.285 e. The number of fused-ring (bicyclic) bond motifs is 8. The third-order valence-electron chi connectivity index (χ3n) is 6.02. The first-order chi connectivity index (χ1) is 14.4. The second-order valence-corrected chi connectivity index (χ2v) is 9.80. The van der Waals surface area contributed by atoms with Crippen molar-refractivity contribution in [3.8, 4) is 5.13 Å². The Hall–Kier alpha value is -2.82. The minimum atomic E-state index is 0.356.